The molecule has 0 aliphatic heterocycles. The molecule has 0 aliphatic carbocycles. The summed E-state index contributed by atoms with van der Waals surface area (Å²) in [5.41, 5.74) is 6.66. The first-order valence-corrected chi connectivity index (χ1v) is 10.1. The van der Waals surface area contributed by atoms with Crippen molar-refractivity contribution in [2.24, 2.45) is 0 Å². The van der Waals surface area contributed by atoms with Gasteiger partial charge in [-0.15, -0.1) is 0 Å². The lowest BCUT2D eigenvalue weighted by atomic mass is 10.2. The number of carbonyl (C=O) groups excluding carboxylic acids is 3. The Morgan fingerprint density at radius 3 is 2.28 bits per heavy atom. The molecule has 0 atom stereocenters. The van der Waals surface area contributed by atoms with E-state index < -0.39 is 11.8 Å². The number of rotatable bonds is 9. The molecule has 154 valence electrons. The number of benzene rings is 2. The highest BCUT2D eigenvalue weighted by atomic mass is 79.9. The number of hydrogen-bond donors (Lipinski definition) is 3. The fourth-order valence-corrected chi connectivity index (χ4v) is 2.92. The summed E-state index contributed by atoms with van der Waals surface area (Å²) in [4.78, 5) is 35.4. The second-order valence-corrected chi connectivity index (χ2v) is 7.12. The number of halogens is 1. The van der Waals surface area contributed by atoms with E-state index >= 15 is 0 Å². The highest BCUT2D eigenvalue weighted by Crippen LogP contribution is 2.26. The molecule has 0 saturated carbocycles. The Kier molecular flexibility index (Phi) is 9.17. The summed E-state index contributed by atoms with van der Waals surface area (Å²) >= 11 is 3.40. The van der Waals surface area contributed by atoms with Crippen LogP contribution in [0.3, 0.4) is 0 Å². The van der Waals surface area contributed by atoms with Crippen LogP contribution in [0.4, 0.5) is 0 Å². The van der Waals surface area contributed by atoms with Crippen molar-refractivity contribution >= 4 is 33.7 Å². The van der Waals surface area contributed by atoms with Crippen LogP contribution in [0.2, 0.25) is 0 Å². The molecule has 0 bridgehead atoms. The van der Waals surface area contributed by atoms with Crippen LogP contribution in [-0.2, 0) is 27.3 Å². The van der Waals surface area contributed by atoms with Gasteiger partial charge in [-0.05, 0) is 45.6 Å². The zero-order chi connectivity index (χ0) is 21.1. The number of carbonyl (C=O) groups is 3. The number of hydrogen-bond acceptors (Lipinski definition) is 4. The van der Waals surface area contributed by atoms with Crippen molar-refractivity contribution in [3.8, 4) is 5.75 Å². The van der Waals surface area contributed by atoms with E-state index in [1.165, 1.54) is 0 Å². The monoisotopic (exact) mass is 461 g/mol. The molecule has 0 spiro atoms. The summed E-state index contributed by atoms with van der Waals surface area (Å²) in [5, 5.41) is 2.74. The minimum absolute atomic E-state index is 0.0295. The van der Waals surface area contributed by atoms with Gasteiger partial charge in [0.15, 0.2) is 6.61 Å². The Hall–Kier alpha value is -2.87. The van der Waals surface area contributed by atoms with Crippen molar-refractivity contribution in [2.75, 3.05) is 6.61 Å². The first-order chi connectivity index (χ1) is 14.0. The van der Waals surface area contributed by atoms with Crippen molar-refractivity contribution < 1.29 is 19.1 Å². The Morgan fingerprint density at radius 1 is 0.897 bits per heavy atom. The first-order valence-electron chi connectivity index (χ1n) is 9.27. The molecule has 2 rings (SSSR count). The van der Waals surface area contributed by atoms with E-state index in [9.17, 15) is 14.4 Å². The molecule has 0 aromatic heterocycles. The summed E-state index contributed by atoms with van der Waals surface area (Å²) in [6.45, 7) is 2.21. The van der Waals surface area contributed by atoms with Crippen LogP contribution in [-0.4, -0.2) is 24.3 Å². The van der Waals surface area contributed by atoms with E-state index in [-0.39, 0.29) is 25.4 Å². The molecular formula is C21H24BrN3O4. The molecule has 3 amide bonds. The molecule has 0 saturated heterocycles. The maximum absolute atomic E-state index is 11.8. The third kappa shape index (κ3) is 8.35. The van der Waals surface area contributed by atoms with E-state index in [0.29, 0.717) is 12.3 Å². The average molecular weight is 462 g/mol. The topological polar surface area (TPSA) is 96.5 Å². The van der Waals surface area contributed by atoms with Crippen LogP contribution in [0.25, 0.3) is 0 Å². The van der Waals surface area contributed by atoms with Crippen LogP contribution < -0.4 is 20.9 Å². The SMILES string of the molecule is CCc1ccc(OCC(=O)NNC(=O)CCC(=O)NCc2ccccc2)c(Br)c1. The van der Waals surface area contributed by atoms with Crippen LogP contribution in [0.5, 0.6) is 5.75 Å². The lowest BCUT2D eigenvalue weighted by molar-refractivity contribution is -0.131. The number of aryl methyl sites for hydroxylation is 1. The highest BCUT2D eigenvalue weighted by Gasteiger charge is 2.10. The number of nitrogens with one attached hydrogen (secondary N) is 3. The third-order valence-corrected chi connectivity index (χ3v) is 4.64. The number of hydrazine groups is 1. The molecule has 0 aliphatic rings. The smallest absolute Gasteiger partial charge is 0.276 e. The van der Waals surface area contributed by atoms with Crippen molar-refractivity contribution in [1.29, 1.82) is 0 Å². The fraction of sp³-hybridized carbons (Fsp3) is 0.286. The van der Waals surface area contributed by atoms with Crippen molar-refractivity contribution in [3.63, 3.8) is 0 Å². The van der Waals surface area contributed by atoms with Gasteiger partial charge in [0.05, 0.1) is 4.47 Å². The van der Waals surface area contributed by atoms with E-state index in [1.54, 1.807) is 6.07 Å². The lowest BCUT2D eigenvalue weighted by Crippen LogP contribution is -2.44. The van der Waals surface area contributed by atoms with E-state index in [4.69, 9.17) is 4.74 Å². The zero-order valence-corrected chi connectivity index (χ0v) is 17.8. The van der Waals surface area contributed by atoms with E-state index in [0.717, 1.165) is 22.0 Å². The minimum atomic E-state index is -0.502. The van der Waals surface area contributed by atoms with E-state index in [1.807, 2.05) is 49.4 Å². The Balaban J connectivity index is 1.61. The second kappa shape index (κ2) is 11.9. The molecule has 2 aromatic rings. The summed E-state index contributed by atoms with van der Waals surface area (Å²) in [7, 11) is 0. The van der Waals surface area contributed by atoms with Gasteiger partial charge in [0.2, 0.25) is 11.8 Å². The normalized spacial score (nSPS) is 10.1. The molecule has 0 fully saturated rings. The predicted octanol–water partition coefficient (Wildman–Crippen LogP) is 2.63. The molecule has 3 N–H and O–H groups in total. The molecule has 2 aromatic carbocycles. The summed E-state index contributed by atoms with van der Waals surface area (Å²) < 4.78 is 6.19. The van der Waals surface area contributed by atoms with Gasteiger partial charge in [-0.2, -0.15) is 0 Å². The summed E-state index contributed by atoms with van der Waals surface area (Å²) in [5.74, 6) is -0.655. The predicted molar refractivity (Wildman–Crippen MR) is 113 cm³/mol. The fourth-order valence-electron chi connectivity index (χ4n) is 2.37. The molecule has 8 heteroatoms. The second-order valence-electron chi connectivity index (χ2n) is 6.27. The summed E-state index contributed by atoms with van der Waals surface area (Å²) in [6, 6.07) is 15.1. The van der Waals surface area contributed by atoms with Crippen LogP contribution >= 0.6 is 15.9 Å². The minimum Gasteiger partial charge on any atom is -0.483 e. The first kappa shape index (κ1) is 22.4. The number of amides is 3. The maximum Gasteiger partial charge on any atom is 0.276 e. The quantitative estimate of drug-likeness (QED) is 0.500. The molecule has 0 radical (unpaired) electrons. The van der Waals surface area contributed by atoms with Gasteiger partial charge in [0.1, 0.15) is 5.75 Å². The average Bonchev–Trinajstić information content (AvgIpc) is 2.74. The van der Waals surface area contributed by atoms with Gasteiger partial charge in [-0.3, -0.25) is 25.2 Å². The molecule has 0 unspecified atom stereocenters. The largest absolute Gasteiger partial charge is 0.483 e. The molecular weight excluding hydrogens is 438 g/mol. The van der Waals surface area contributed by atoms with Crippen molar-refractivity contribution in [1.82, 2.24) is 16.2 Å². The van der Waals surface area contributed by atoms with Gasteiger partial charge >= 0.3 is 0 Å². The van der Waals surface area contributed by atoms with Crippen molar-refractivity contribution in [3.05, 3.63) is 64.1 Å². The van der Waals surface area contributed by atoms with Crippen molar-refractivity contribution in [2.45, 2.75) is 32.7 Å². The summed E-state index contributed by atoms with van der Waals surface area (Å²) in [6.07, 6.45) is 0.892. The molecule has 0 heterocycles. The third-order valence-electron chi connectivity index (χ3n) is 4.02. The van der Waals surface area contributed by atoms with Gasteiger partial charge in [-0.1, -0.05) is 43.3 Å². The zero-order valence-electron chi connectivity index (χ0n) is 16.2. The van der Waals surface area contributed by atoms with Gasteiger partial charge < -0.3 is 10.1 Å². The lowest BCUT2D eigenvalue weighted by Gasteiger charge is -2.10. The Morgan fingerprint density at radius 2 is 1.59 bits per heavy atom. The number of ether oxygens (including phenoxy) is 1. The molecule has 7 nitrogen and oxygen atoms in total. The highest BCUT2D eigenvalue weighted by molar-refractivity contribution is 9.10. The standard InChI is InChI=1S/C21H24BrN3O4/c1-2-15-8-9-18(17(22)12-15)29-14-21(28)25-24-20(27)11-10-19(26)23-13-16-6-4-3-5-7-16/h3-9,12H,2,10-11,13-14H2,1H3,(H,23,26)(H,24,27)(H,25,28). The van der Waals surface area contributed by atoms with Crippen LogP contribution in [0, 0.1) is 0 Å². The van der Waals surface area contributed by atoms with Gasteiger partial charge in [0, 0.05) is 19.4 Å². The Bertz CT molecular complexity index is 843. The molecule has 29 heavy (non-hydrogen) atoms. The van der Waals surface area contributed by atoms with Gasteiger partial charge in [-0.25, -0.2) is 0 Å². The van der Waals surface area contributed by atoms with E-state index in [2.05, 4.69) is 32.1 Å². The van der Waals surface area contributed by atoms with Gasteiger partial charge in [0.25, 0.3) is 5.91 Å². The van der Waals surface area contributed by atoms with Crippen LogP contribution in [0.1, 0.15) is 30.9 Å². The maximum atomic E-state index is 11.8. The Labute approximate surface area is 178 Å². The van der Waals surface area contributed by atoms with Crippen LogP contribution in [0.15, 0.2) is 53.0 Å².